The minimum absolute atomic E-state index is 0.00683. The third-order valence-corrected chi connectivity index (χ3v) is 5.46. The number of carbonyl (C=O) groups excluding carboxylic acids is 3. The number of ether oxygens (including phenoxy) is 9. The first-order valence-electron chi connectivity index (χ1n) is 11.8. The maximum Gasteiger partial charge on any atom is 0.338 e. The molecule has 1 aromatic rings. The summed E-state index contributed by atoms with van der Waals surface area (Å²) in [6.07, 6.45) is -1.25. The first-order valence-corrected chi connectivity index (χ1v) is 11.8. The zero-order valence-corrected chi connectivity index (χ0v) is 19.8. The predicted octanol–water partition coefficient (Wildman–Crippen LogP) is 0.542. The van der Waals surface area contributed by atoms with Crippen molar-refractivity contribution in [2.45, 2.75) is 24.7 Å². The smallest absolute Gasteiger partial charge is 0.338 e. The van der Waals surface area contributed by atoms with Gasteiger partial charge in [-0.2, -0.15) is 0 Å². The SMILES string of the molecule is O=C(CC1COCCO1)Oc1cc(C(=O)OCC2COCCO2)cc(C(=O)OCC2COCCO2)c1. The van der Waals surface area contributed by atoms with Gasteiger partial charge in [0.15, 0.2) is 0 Å². The van der Waals surface area contributed by atoms with Gasteiger partial charge in [0.2, 0.25) is 0 Å². The average molecular weight is 510 g/mol. The van der Waals surface area contributed by atoms with Crippen LogP contribution in [0.1, 0.15) is 27.1 Å². The molecule has 0 aromatic heterocycles. The molecule has 3 atom stereocenters. The van der Waals surface area contributed by atoms with Crippen LogP contribution in [-0.4, -0.2) is 109 Å². The van der Waals surface area contributed by atoms with Gasteiger partial charge in [-0.3, -0.25) is 4.79 Å². The van der Waals surface area contributed by atoms with Gasteiger partial charge in [0.25, 0.3) is 0 Å². The normalized spacial score (nSPS) is 24.5. The molecule has 0 aliphatic carbocycles. The van der Waals surface area contributed by atoms with Crippen LogP contribution in [-0.2, 0) is 42.7 Å². The monoisotopic (exact) mass is 510 g/mol. The largest absolute Gasteiger partial charge is 0.459 e. The summed E-state index contributed by atoms with van der Waals surface area (Å²) in [7, 11) is 0. The first-order chi connectivity index (χ1) is 17.6. The zero-order valence-electron chi connectivity index (χ0n) is 19.8. The van der Waals surface area contributed by atoms with Crippen molar-refractivity contribution in [1.29, 1.82) is 0 Å². The molecule has 0 bridgehead atoms. The van der Waals surface area contributed by atoms with E-state index in [9.17, 15) is 14.4 Å². The van der Waals surface area contributed by atoms with Gasteiger partial charge in [-0.15, -0.1) is 0 Å². The molecule has 3 saturated heterocycles. The summed E-state index contributed by atoms with van der Waals surface area (Å²) in [5.41, 5.74) is 0.0250. The summed E-state index contributed by atoms with van der Waals surface area (Å²) in [6, 6.07) is 3.97. The fourth-order valence-electron chi connectivity index (χ4n) is 3.68. The highest BCUT2D eigenvalue weighted by Gasteiger charge is 2.24. The molecule has 0 N–H and O–H groups in total. The Bertz CT molecular complexity index is 833. The van der Waals surface area contributed by atoms with Crippen molar-refractivity contribution >= 4 is 17.9 Å². The predicted molar refractivity (Wildman–Crippen MR) is 119 cm³/mol. The van der Waals surface area contributed by atoms with Crippen LogP contribution in [0.15, 0.2) is 18.2 Å². The molecular weight excluding hydrogens is 480 g/mol. The summed E-state index contributed by atoms with van der Waals surface area (Å²) >= 11 is 0. The lowest BCUT2D eigenvalue weighted by molar-refractivity contribution is -0.143. The van der Waals surface area contributed by atoms with E-state index in [0.29, 0.717) is 52.9 Å². The van der Waals surface area contributed by atoms with Crippen LogP contribution in [0.5, 0.6) is 5.75 Å². The van der Waals surface area contributed by atoms with Crippen LogP contribution in [0, 0.1) is 0 Å². The van der Waals surface area contributed by atoms with Crippen molar-refractivity contribution in [1.82, 2.24) is 0 Å². The van der Waals surface area contributed by atoms with Crippen molar-refractivity contribution < 1.29 is 57.0 Å². The summed E-state index contributed by atoms with van der Waals surface area (Å²) in [5, 5.41) is 0. The van der Waals surface area contributed by atoms with Gasteiger partial charge >= 0.3 is 17.9 Å². The maximum absolute atomic E-state index is 12.7. The molecule has 0 saturated carbocycles. The van der Waals surface area contributed by atoms with Crippen LogP contribution in [0.25, 0.3) is 0 Å². The molecule has 0 radical (unpaired) electrons. The van der Waals surface area contributed by atoms with Crippen molar-refractivity contribution in [2.24, 2.45) is 0 Å². The number of carbonyl (C=O) groups is 3. The van der Waals surface area contributed by atoms with E-state index >= 15 is 0 Å². The van der Waals surface area contributed by atoms with Crippen molar-refractivity contribution in [3.05, 3.63) is 29.3 Å². The van der Waals surface area contributed by atoms with Crippen LogP contribution in [0.3, 0.4) is 0 Å². The number of benzene rings is 1. The number of rotatable bonds is 9. The van der Waals surface area contributed by atoms with E-state index in [1.165, 1.54) is 18.2 Å². The number of hydrogen-bond acceptors (Lipinski definition) is 12. The Morgan fingerprint density at radius 1 is 0.667 bits per heavy atom. The van der Waals surface area contributed by atoms with Crippen molar-refractivity contribution in [3.8, 4) is 5.75 Å². The molecule has 3 heterocycles. The van der Waals surface area contributed by atoms with Crippen LogP contribution in [0.2, 0.25) is 0 Å². The van der Waals surface area contributed by atoms with Gasteiger partial charge in [0.05, 0.1) is 83.1 Å². The highest BCUT2D eigenvalue weighted by Crippen LogP contribution is 2.21. The minimum Gasteiger partial charge on any atom is -0.459 e. The summed E-state index contributed by atoms with van der Waals surface area (Å²) in [4.78, 5) is 37.9. The van der Waals surface area contributed by atoms with Crippen LogP contribution in [0.4, 0.5) is 0 Å². The molecule has 1 aromatic carbocycles. The van der Waals surface area contributed by atoms with Crippen molar-refractivity contribution in [2.75, 3.05) is 72.7 Å². The van der Waals surface area contributed by atoms with Crippen molar-refractivity contribution in [3.63, 3.8) is 0 Å². The number of hydrogen-bond donors (Lipinski definition) is 0. The first kappa shape index (κ1) is 26.5. The molecule has 3 aliphatic rings. The second-order valence-electron chi connectivity index (χ2n) is 8.32. The molecule has 0 amide bonds. The van der Waals surface area contributed by atoms with Gasteiger partial charge in [-0.1, -0.05) is 0 Å². The van der Waals surface area contributed by atoms with Gasteiger partial charge in [-0.25, -0.2) is 9.59 Å². The highest BCUT2D eigenvalue weighted by molar-refractivity contribution is 5.96. The van der Waals surface area contributed by atoms with E-state index < -0.39 is 24.0 Å². The molecule has 3 fully saturated rings. The Hall–Kier alpha value is -2.61. The van der Waals surface area contributed by atoms with E-state index in [4.69, 9.17) is 42.6 Å². The lowest BCUT2D eigenvalue weighted by Crippen LogP contribution is -2.33. The topological polar surface area (TPSA) is 134 Å². The summed E-state index contributed by atoms with van der Waals surface area (Å²) < 4.78 is 48.4. The summed E-state index contributed by atoms with van der Waals surface area (Å²) in [6.45, 7) is 3.49. The standard InChI is InChI=1S/C24H30O12/c25-22(10-19-11-28-1-4-31-19)36-18-8-16(23(26)34-14-20-12-29-2-5-32-20)7-17(9-18)24(27)35-15-21-13-30-3-6-33-21/h7-9,19-21H,1-6,10-15H2. The van der Waals surface area contributed by atoms with Crippen LogP contribution >= 0.6 is 0 Å². The Kier molecular flexibility index (Phi) is 10.0. The molecule has 0 spiro atoms. The summed E-state index contributed by atoms with van der Waals surface area (Å²) in [5.74, 6) is -2.04. The molecule has 198 valence electrons. The Morgan fingerprint density at radius 2 is 1.14 bits per heavy atom. The lowest BCUT2D eigenvalue weighted by Gasteiger charge is -2.23. The molecule has 36 heavy (non-hydrogen) atoms. The fourth-order valence-corrected chi connectivity index (χ4v) is 3.68. The zero-order chi connectivity index (χ0) is 25.2. The Labute approximate surface area is 207 Å². The van der Waals surface area contributed by atoms with Gasteiger partial charge in [0.1, 0.15) is 31.2 Å². The second kappa shape index (κ2) is 13.6. The van der Waals surface area contributed by atoms with E-state index in [1.807, 2.05) is 0 Å². The third-order valence-electron chi connectivity index (χ3n) is 5.46. The maximum atomic E-state index is 12.7. The highest BCUT2D eigenvalue weighted by atomic mass is 16.6. The molecule has 4 rings (SSSR count). The van der Waals surface area contributed by atoms with E-state index in [1.54, 1.807) is 0 Å². The molecular formula is C24H30O12. The molecule has 12 nitrogen and oxygen atoms in total. The molecule has 3 aliphatic heterocycles. The van der Waals surface area contributed by atoms with E-state index in [2.05, 4.69) is 0 Å². The van der Waals surface area contributed by atoms with E-state index in [-0.39, 0.29) is 55.3 Å². The minimum atomic E-state index is -0.718. The fraction of sp³-hybridized carbons (Fsp3) is 0.625. The third kappa shape index (κ3) is 8.22. The lowest BCUT2D eigenvalue weighted by atomic mass is 10.1. The van der Waals surface area contributed by atoms with Crippen LogP contribution < -0.4 is 4.74 Å². The quantitative estimate of drug-likeness (QED) is 0.339. The molecule has 12 heteroatoms. The van der Waals surface area contributed by atoms with Gasteiger partial charge in [0, 0.05) is 0 Å². The Balaban J connectivity index is 1.42. The van der Waals surface area contributed by atoms with E-state index in [0.717, 1.165) is 0 Å². The van der Waals surface area contributed by atoms with Gasteiger partial charge < -0.3 is 42.6 Å². The second-order valence-corrected chi connectivity index (χ2v) is 8.32. The Morgan fingerprint density at radius 3 is 1.58 bits per heavy atom. The molecule has 3 unspecified atom stereocenters. The average Bonchev–Trinajstić information content (AvgIpc) is 2.91. The number of esters is 3. The van der Waals surface area contributed by atoms with Gasteiger partial charge in [-0.05, 0) is 18.2 Å².